The molecular weight excluding hydrogens is 214 g/mol. The summed E-state index contributed by atoms with van der Waals surface area (Å²) in [6.45, 7) is 0.962. The van der Waals surface area contributed by atoms with Crippen LogP contribution in [0.3, 0.4) is 0 Å². The Morgan fingerprint density at radius 3 is 3.12 bits per heavy atom. The highest BCUT2D eigenvalue weighted by Crippen LogP contribution is 2.40. The van der Waals surface area contributed by atoms with Crippen LogP contribution >= 0.6 is 0 Å². The Hall–Kier alpha value is -1.97. The van der Waals surface area contributed by atoms with E-state index >= 15 is 0 Å². The van der Waals surface area contributed by atoms with Gasteiger partial charge in [0.05, 0.1) is 19.0 Å². The summed E-state index contributed by atoms with van der Waals surface area (Å²) in [6, 6.07) is 6.18. The SMILES string of the molecule is COc1cccc2c1NCCC2c1cn[nH]c1. The smallest absolute Gasteiger partial charge is 0.142 e. The monoisotopic (exact) mass is 229 g/mol. The lowest BCUT2D eigenvalue weighted by Crippen LogP contribution is -2.18. The Morgan fingerprint density at radius 2 is 2.35 bits per heavy atom. The van der Waals surface area contributed by atoms with Crippen LogP contribution in [-0.2, 0) is 0 Å². The third-order valence-corrected chi connectivity index (χ3v) is 3.31. The predicted molar refractivity (Wildman–Crippen MR) is 66.5 cm³/mol. The van der Waals surface area contributed by atoms with Crippen LogP contribution in [0.4, 0.5) is 5.69 Å². The summed E-state index contributed by atoms with van der Waals surface area (Å²) in [4.78, 5) is 0. The van der Waals surface area contributed by atoms with E-state index in [1.807, 2.05) is 24.5 Å². The molecule has 1 aliphatic rings. The van der Waals surface area contributed by atoms with Crippen LogP contribution in [0.1, 0.15) is 23.5 Å². The van der Waals surface area contributed by atoms with Crippen LogP contribution in [0.15, 0.2) is 30.6 Å². The number of nitrogens with zero attached hydrogens (tertiary/aromatic N) is 1. The Kier molecular flexibility index (Phi) is 2.48. The Labute approximate surface area is 100 Å². The average molecular weight is 229 g/mol. The average Bonchev–Trinajstić information content (AvgIpc) is 2.91. The van der Waals surface area contributed by atoms with Gasteiger partial charge in [-0.25, -0.2) is 0 Å². The van der Waals surface area contributed by atoms with Crippen molar-refractivity contribution < 1.29 is 4.74 Å². The van der Waals surface area contributed by atoms with Gasteiger partial charge < -0.3 is 10.1 Å². The number of para-hydroxylation sites is 1. The van der Waals surface area contributed by atoms with E-state index in [1.54, 1.807) is 7.11 Å². The van der Waals surface area contributed by atoms with Gasteiger partial charge >= 0.3 is 0 Å². The minimum Gasteiger partial charge on any atom is -0.495 e. The lowest BCUT2D eigenvalue weighted by atomic mass is 9.86. The van der Waals surface area contributed by atoms with E-state index in [9.17, 15) is 0 Å². The summed E-state index contributed by atoms with van der Waals surface area (Å²) in [7, 11) is 1.71. The highest BCUT2D eigenvalue weighted by atomic mass is 16.5. The van der Waals surface area contributed by atoms with E-state index in [0.717, 1.165) is 24.4 Å². The van der Waals surface area contributed by atoms with Gasteiger partial charge in [0.1, 0.15) is 5.75 Å². The number of aromatic amines is 1. The second-order valence-corrected chi connectivity index (χ2v) is 4.22. The molecule has 4 nitrogen and oxygen atoms in total. The molecule has 3 rings (SSSR count). The van der Waals surface area contributed by atoms with Gasteiger partial charge in [0.15, 0.2) is 0 Å². The molecule has 1 aliphatic heterocycles. The van der Waals surface area contributed by atoms with Crippen molar-refractivity contribution in [3.8, 4) is 5.75 Å². The number of benzene rings is 1. The van der Waals surface area contributed by atoms with Crippen LogP contribution in [0.25, 0.3) is 0 Å². The summed E-state index contributed by atoms with van der Waals surface area (Å²) in [5.74, 6) is 1.32. The first kappa shape index (κ1) is 10.2. The summed E-state index contributed by atoms with van der Waals surface area (Å²) in [6.07, 6.45) is 4.96. The van der Waals surface area contributed by atoms with E-state index in [2.05, 4.69) is 21.6 Å². The molecule has 2 aromatic rings. The maximum Gasteiger partial charge on any atom is 0.142 e. The quantitative estimate of drug-likeness (QED) is 0.831. The summed E-state index contributed by atoms with van der Waals surface area (Å²) >= 11 is 0. The molecule has 0 fully saturated rings. The molecule has 88 valence electrons. The minimum absolute atomic E-state index is 0.403. The zero-order chi connectivity index (χ0) is 11.7. The number of methoxy groups -OCH3 is 1. The number of fused-ring (bicyclic) bond motifs is 1. The van der Waals surface area contributed by atoms with Gasteiger partial charge in [-0.15, -0.1) is 0 Å². The van der Waals surface area contributed by atoms with Crippen molar-refractivity contribution in [2.24, 2.45) is 0 Å². The van der Waals surface area contributed by atoms with Crippen molar-refractivity contribution in [2.75, 3.05) is 19.0 Å². The van der Waals surface area contributed by atoms with Crippen LogP contribution in [0.2, 0.25) is 0 Å². The number of nitrogens with one attached hydrogen (secondary N) is 2. The molecule has 1 aromatic heterocycles. The predicted octanol–water partition coefficient (Wildman–Crippen LogP) is 2.37. The van der Waals surface area contributed by atoms with E-state index in [4.69, 9.17) is 4.74 Å². The van der Waals surface area contributed by atoms with Crippen LogP contribution in [0.5, 0.6) is 5.75 Å². The van der Waals surface area contributed by atoms with Gasteiger partial charge in [0.25, 0.3) is 0 Å². The molecule has 2 N–H and O–H groups in total. The second-order valence-electron chi connectivity index (χ2n) is 4.22. The number of H-pyrrole nitrogens is 1. The molecule has 1 aromatic carbocycles. The molecule has 0 bridgehead atoms. The molecule has 0 amide bonds. The molecule has 0 radical (unpaired) electrons. The van der Waals surface area contributed by atoms with Crippen LogP contribution < -0.4 is 10.1 Å². The van der Waals surface area contributed by atoms with E-state index in [1.165, 1.54) is 11.1 Å². The number of rotatable bonds is 2. The van der Waals surface area contributed by atoms with Gasteiger partial charge in [-0.1, -0.05) is 12.1 Å². The van der Waals surface area contributed by atoms with Crippen LogP contribution in [0, 0.1) is 0 Å². The minimum atomic E-state index is 0.403. The Bertz CT molecular complexity index is 507. The first-order valence-electron chi connectivity index (χ1n) is 5.79. The van der Waals surface area contributed by atoms with E-state index in [-0.39, 0.29) is 0 Å². The standard InChI is InChI=1S/C13H15N3O/c1-17-12-4-2-3-11-10(5-6-14-13(11)12)9-7-15-16-8-9/h2-4,7-8,10,14H,5-6H2,1H3,(H,15,16). The fourth-order valence-corrected chi connectivity index (χ4v) is 2.49. The molecule has 1 unspecified atom stereocenters. The lowest BCUT2D eigenvalue weighted by Gasteiger charge is -2.27. The third kappa shape index (κ3) is 1.65. The highest BCUT2D eigenvalue weighted by molar-refractivity contribution is 5.65. The van der Waals surface area contributed by atoms with Crippen molar-refractivity contribution in [1.82, 2.24) is 10.2 Å². The topological polar surface area (TPSA) is 49.9 Å². The summed E-state index contributed by atoms with van der Waals surface area (Å²) in [5, 5.41) is 10.3. The molecule has 0 aliphatic carbocycles. The first-order valence-corrected chi connectivity index (χ1v) is 5.79. The maximum atomic E-state index is 5.39. The van der Waals surface area contributed by atoms with Crippen LogP contribution in [-0.4, -0.2) is 23.9 Å². The Balaban J connectivity index is 2.08. The van der Waals surface area contributed by atoms with Gasteiger partial charge in [-0.05, 0) is 23.6 Å². The van der Waals surface area contributed by atoms with Crippen molar-refractivity contribution in [2.45, 2.75) is 12.3 Å². The first-order chi connectivity index (χ1) is 8.40. The van der Waals surface area contributed by atoms with Gasteiger partial charge in [0.2, 0.25) is 0 Å². The molecular formula is C13H15N3O. The van der Waals surface area contributed by atoms with Crippen molar-refractivity contribution in [3.63, 3.8) is 0 Å². The number of hydrogen-bond donors (Lipinski definition) is 2. The Morgan fingerprint density at radius 1 is 1.41 bits per heavy atom. The number of hydrogen-bond acceptors (Lipinski definition) is 3. The van der Waals surface area contributed by atoms with Crippen molar-refractivity contribution >= 4 is 5.69 Å². The van der Waals surface area contributed by atoms with E-state index < -0.39 is 0 Å². The number of anilines is 1. The van der Waals surface area contributed by atoms with Crippen molar-refractivity contribution in [3.05, 3.63) is 41.7 Å². The molecule has 4 heteroatoms. The molecule has 2 heterocycles. The van der Waals surface area contributed by atoms with E-state index in [0.29, 0.717) is 5.92 Å². The van der Waals surface area contributed by atoms with Gasteiger partial charge in [0, 0.05) is 18.7 Å². The molecule has 17 heavy (non-hydrogen) atoms. The molecule has 1 atom stereocenters. The van der Waals surface area contributed by atoms with Gasteiger partial charge in [-0.2, -0.15) is 5.10 Å². The highest BCUT2D eigenvalue weighted by Gasteiger charge is 2.24. The summed E-state index contributed by atoms with van der Waals surface area (Å²) < 4.78 is 5.39. The number of aromatic nitrogens is 2. The second kappa shape index (κ2) is 4.13. The van der Waals surface area contributed by atoms with Gasteiger partial charge in [-0.3, -0.25) is 5.10 Å². The third-order valence-electron chi connectivity index (χ3n) is 3.31. The maximum absolute atomic E-state index is 5.39. The fourth-order valence-electron chi connectivity index (χ4n) is 2.49. The normalized spacial score (nSPS) is 18.3. The summed E-state index contributed by atoms with van der Waals surface area (Å²) in [5.41, 5.74) is 3.64. The largest absolute Gasteiger partial charge is 0.495 e. The van der Waals surface area contributed by atoms with Crippen molar-refractivity contribution in [1.29, 1.82) is 0 Å². The lowest BCUT2D eigenvalue weighted by molar-refractivity contribution is 0.415. The molecule has 0 saturated heterocycles. The molecule has 0 spiro atoms. The zero-order valence-corrected chi connectivity index (χ0v) is 9.73. The molecule has 0 saturated carbocycles. The zero-order valence-electron chi connectivity index (χ0n) is 9.73. The fraction of sp³-hybridized carbons (Fsp3) is 0.308. The number of ether oxygens (including phenoxy) is 1.